The average Bonchev–Trinajstić information content (AvgIpc) is 2.60. The zero-order chi connectivity index (χ0) is 17.9. The van der Waals surface area contributed by atoms with Gasteiger partial charge in [0.1, 0.15) is 5.75 Å². The van der Waals surface area contributed by atoms with Crippen molar-refractivity contribution in [2.24, 2.45) is 0 Å². The van der Waals surface area contributed by atoms with Crippen molar-refractivity contribution in [3.8, 4) is 5.75 Å². The van der Waals surface area contributed by atoms with E-state index in [1.54, 1.807) is 0 Å². The summed E-state index contributed by atoms with van der Waals surface area (Å²) < 4.78 is 7.96. The van der Waals surface area contributed by atoms with Gasteiger partial charge in [0.2, 0.25) is 0 Å². The molecule has 0 aliphatic heterocycles. The second-order valence-electron chi connectivity index (χ2n) is 7.22. The lowest BCUT2D eigenvalue weighted by atomic mass is 10.2. The number of benzene rings is 3. The molecule has 0 N–H and O–H groups in total. The molecule has 0 bridgehead atoms. The summed E-state index contributed by atoms with van der Waals surface area (Å²) in [5.41, 5.74) is 0. The summed E-state index contributed by atoms with van der Waals surface area (Å²) in [6.07, 6.45) is 0. The molecule has 0 radical (unpaired) electrons. The van der Waals surface area contributed by atoms with Crippen molar-refractivity contribution >= 4 is 34.6 Å². The van der Waals surface area contributed by atoms with Gasteiger partial charge in [0, 0.05) is 4.47 Å². The van der Waals surface area contributed by atoms with Crippen molar-refractivity contribution in [1.82, 2.24) is 0 Å². The molecule has 0 aliphatic rings. The Morgan fingerprint density at radius 2 is 1.24 bits per heavy atom. The van der Waals surface area contributed by atoms with Gasteiger partial charge in [-0.2, -0.15) is 0 Å². The van der Waals surface area contributed by atoms with E-state index in [2.05, 4.69) is 103 Å². The highest BCUT2D eigenvalue weighted by Gasteiger charge is 2.52. The van der Waals surface area contributed by atoms with Crippen LogP contribution >= 0.6 is 15.9 Å². The monoisotopic (exact) mass is 410 g/mol. The molecule has 0 aliphatic carbocycles. The van der Waals surface area contributed by atoms with E-state index < -0.39 is 8.32 Å². The molecule has 25 heavy (non-hydrogen) atoms. The van der Waals surface area contributed by atoms with E-state index in [9.17, 15) is 0 Å². The van der Waals surface area contributed by atoms with E-state index in [0.717, 1.165) is 10.2 Å². The molecule has 3 aromatic carbocycles. The summed E-state index contributed by atoms with van der Waals surface area (Å²) >= 11 is 3.57. The van der Waals surface area contributed by atoms with Crippen LogP contribution in [0.15, 0.2) is 89.4 Å². The van der Waals surface area contributed by atoms with Gasteiger partial charge in [-0.1, -0.05) is 103 Å². The fraction of sp³-hybridized carbons (Fsp3) is 0.182. The van der Waals surface area contributed by atoms with Crippen molar-refractivity contribution in [3.63, 3.8) is 0 Å². The predicted molar refractivity (Wildman–Crippen MR) is 112 cm³/mol. The molecule has 3 rings (SSSR count). The highest BCUT2D eigenvalue weighted by atomic mass is 79.9. The molecule has 0 unspecified atom stereocenters. The zero-order valence-electron chi connectivity index (χ0n) is 14.9. The minimum atomic E-state index is -2.53. The fourth-order valence-corrected chi connectivity index (χ4v) is 8.15. The zero-order valence-corrected chi connectivity index (χ0v) is 17.5. The summed E-state index contributed by atoms with van der Waals surface area (Å²) in [4.78, 5) is 0. The second kappa shape index (κ2) is 7.18. The average molecular weight is 411 g/mol. The van der Waals surface area contributed by atoms with Crippen LogP contribution < -0.4 is 14.8 Å². The topological polar surface area (TPSA) is 9.23 Å². The normalized spacial score (nSPS) is 12.0. The number of rotatable bonds is 4. The first-order valence-electron chi connectivity index (χ1n) is 8.49. The van der Waals surface area contributed by atoms with Gasteiger partial charge in [-0.05, 0) is 33.6 Å². The van der Waals surface area contributed by atoms with E-state index in [-0.39, 0.29) is 5.04 Å². The number of halogens is 1. The maximum absolute atomic E-state index is 6.93. The number of hydrogen-bond donors (Lipinski definition) is 0. The summed E-state index contributed by atoms with van der Waals surface area (Å²) in [5, 5.41) is 2.54. The summed E-state index contributed by atoms with van der Waals surface area (Å²) in [6, 6.07) is 29.6. The maximum atomic E-state index is 6.93. The molecule has 0 atom stereocenters. The van der Waals surface area contributed by atoms with Gasteiger partial charge >= 0.3 is 8.32 Å². The standard InChI is InChI=1S/C22H23BrOSi/c1-22(2,3)25(20-13-6-4-7-14-20,21-15-8-5-9-16-21)24-19-12-10-11-18(23)17-19/h4-17H,1-3H3. The largest absolute Gasteiger partial charge is 0.534 e. The second-order valence-corrected chi connectivity index (χ2v) is 12.4. The molecule has 0 heterocycles. The van der Waals surface area contributed by atoms with Crippen LogP contribution in [0.3, 0.4) is 0 Å². The first kappa shape index (κ1) is 18.0. The van der Waals surface area contributed by atoms with Gasteiger partial charge in [0.05, 0.1) is 0 Å². The Bertz CT molecular complexity index is 786. The summed E-state index contributed by atoms with van der Waals surface area (Å²) in [7, 11) is -2.53. The third-order valence-electron chi connectivity index (χ3n) is 4.48. The van der Waals surface area contributed by atoms with Crippen LogP contribution in [-0.4, -0.2) is 8.32 Å². The van der Waals surface area contributed by atoms with E-state index in [0.29, 0.717) is 0 Å². The third-order valence-corrected chi connectivity index (χ3v) is 9.92. The smallest absolute Gasteiger partial charge is 0.319 e. The lowest BCUT2D eigenvalue weighted by Crippen LogP contribution is -2.68. The predicted octanol–water partition coefficient (Wildman–Crippen LogP) is 5.39. The highest BCUT2D eigenvalue weighted by Crippen LogP contribution is 2.37. The Kier molecular flexibility index (Phi) is 5.16. The van der Waals surface area contributed by atoms with Crippen LogP contribution in [0.1, 0.15) is 20.8 Å². The van der Waals surface area contributed by atoms with Crippen molar-refractivity contribution in [1.29, 1.82) is 0 Å². The molecule has 0 saturated carbocycles. The molecule has 0 spiro atoms. The Morgan fingerprint density at radius 1 is 0.720 bits per heavy atom. The van der Waals surface area contributed by atoms with Gasteiger partial charge in [-0.3, -0.25) is 0 Å². The number of hydrogen-bond acceptors (Lipinski definition) is 1. The van der Waals surface area contributed by atoms with Gasteiger partial charge in [-0.15, -0.1) is 0 Å². The van der Waals surface area contributed by atoms with Crippen LogP contribution in [0.2, 0.25) is 5.04 Å². The van der Waals surface area contributed by atoms with Crippen LogP contribution in [0.4, 0.5) is 0 Å². The molecule has 1 nitrogen and oxygen atoms in total. The van der Waals surface area contributed by atoms with E-state index in [1.165, 1.54) is 10.4 Å². The molecule has 3 aromatic rings. The molecule has 0 fully saturated rings. The lowest BCUT2D eigenvalue weighted by molar-refractivity contribution is 0.508. The first-order chi connectivity index (χ1) is 11.9. The molecule has 0 amide bonds. The SMILES string of the molecule is CC(C)(C)[Si](Oc1cccc(Br)c1)(c1ccccc1)c1ccccc1. The Balaban J connectivity index is 2.26. The minimum Gasteiger partial charge on any atom is -0.534 e. The van der Waals surface area contributed by atoms with Crippen molar-refractivity contribution in [3.05, 3.63) is 89.4 Å². The summed E-state index contributed by atoms with van der Waals surface area (Å²) in [6.45, 7) is 6.87. The Hall–Kier alpha value is -1.84. The van der Waals surface area contributed by atoms with Crippen molar-refractivity contribution in [2.75, 3.05) is 0 Å². The van der Waals surface area contributed by atoms with E-state index in [1.807, 2.05) is 18.2 Å². The van der Waals surface area contributed by atoms with Gasteiger partial charge in [0.25, 0.3) is 0 Å². The fourth-order valence-electron chi connectivity index (χ4n) is 3.36. The van der Waals surface area contributed by atoms with Crippen LogP contribution in [0.25, 0.3) is 0 Å². The van der Waals surface area contributed by atoms with E-state index in [4.69, 9.17) is 4.43 Å². The third kappa shape index (κ3) is 3.58. The molecule has 128 valence electrons. The van der Waals surface area contributed by atoms with Crippen LogP contribution in [0.5, 0.6) is 5.75 Å². The van der Waals surface area contributed by atoms with Crippen LogP contribution in [-0.2, 0) is 0 Å². The Morgan fingerprint density at radius 3 is 1.68 bits per heavy atom. The van der Waals surface area contributed by atoms with Gasteiger partial charge < -0.3 is 4.43 Å². The minimum absolute atomic E-state index is 0.0297. The molecular weight excluding hydrogens is 388 g/mol. The lowest BCUT2D eigenvalue weighted by Gasteiger charge is -2.43. The molecule has 0 saturated heterocycles. The quantitative estimate of drug-likeness (QED) is 0.523. The van der Waals surface area contributed by atoms with E-state index >= 15 is 0 Å². The Labute approximate surface area is 159 Å². The first-order valence-corrected chi connectivity index (χ1v) is 11.2. The molecular formula is C22H23BrOSi. The van der Waals surface area contributed by atoms with Gasteiger partial charge in [0.15, 0.2) is 0 Å². The molecule has 0 aromatic heterocycles. The highest BCUT2D eigenvalue weighted by molar-refractivity contribution is 9.10. The van der Waals surface area contributed by atoms with Crippen molar-refractivity contribution < 1.29 is 4.43 Å². The maximum Gasteiger partial charge on any atom is 0.319 e. The summed E-state index contributed by atoms with van der Waals surface area (Å²) in [5.74, 6) is 0.906. The van der Waals surface area contributed by atoms with Crippen molar-refractivity contribution in [2.45, 2.75) is 25.8 Å². The van der Waals surface area contributed by atoms with Gasteiger partial charge in [-0.25, -0.2) is 0 Å². The van der Waals surface area contributed by atoms with Crippen LogP contribution in [0, 0.1) is 0 Å². The molecule has 3 heteroatoms.